The summed E-state index contributed by atoms with van der Waals surface area (Å²) >= 11 is 0. The Labute approximate surface area is 110 Å². The monoisotopic (exact) mass is 268 g/mol. The molecule has 0 aromatic heterocycles. The first kappa shape index (κ1) is 13.7. The van der Waals surface area contributed by atoms with Crippen LogP contribution in [0.15, 0.2) is 48.3 Å². The van der Waals surface area contributed by atoms with Gasteiger partial charge in [-0.3, -0.25) is 0 Å². The average molecular weight is 268 g/mol. The van der Waals surface area contributed by atoms with E-state index >= 15 is 0 Å². The number of alkyl halides is 3. The second kappa shape index (κ2) is 4.76. The van der Waals surface area contributed by atoms with E-state index in [9.17, 15) is 13.2 Å². The highest BCUT2D eigenvalue weighted by Gasteiger charge is 2.49. The van der Waals surface area contributed by atoms with Gasteiger partial charge in [0.2, 0.25) is 0 Å². The Morgan fingerprint density at radius 2 is 1.79 bits per heavy atom. The largest absolute Gasteiger partial charge is 0.458 e. The average Bonchev–Trinajstić information content (AvgIpc) is 2.34. The van der Waals surface area contributed by atoms with Crippen molar-refractivity contribution in [3.8, 4) is 5.75 Å². The summed E-state index contributed by atoms with van der Waals surface area (Å²) in [5, 5.41) is 0. The molecule has 0 spiro atoms. The lowest BCUT2D eigenvalue weighted by molar-refractivity contribution is -0.199. The van der Waals surface area contributed by atoms with Crippen LogP contribution in [0.4, 0.5) is 13.2 Å². The van der Waals surface area contributed by atoms with Gasteiger partial charge >= 0.3 is 6.18 Å². The standard InChI is InChI=1S/C15H15F3O/c1-11-3-5-12(6-4-11)19-13-7-9-14(2,10-8-13)15(16,17)18/h3-9H,10H2,1-2H3. The van der Waals surface area contributed by atoms with E-state index in [0.29, 0.717) is 11.5 Å². The van der Waals surface area contributed by atoms with Crippen molar-refractivity contribution in [2.45, 2.75) is 26.4 Å². The van der Waals surface area contributed by atoms with Crippen molar-refractivity contribution in [2.75, 3.05) is 0 Å². The minimum Gasteiger partial charge on any atom is -0.458 e. The fraction of sp³-hybridized carbons (Fsp3) is 0.333. The third-order valence-corrected chi connectivity index (χ3v) is 3.25. The molecular weight excluding hydrogens is 253 g/mol. The van der Waals surface area contributed by atoms with E-state index in [1.807, 2.05) is 19.1 Å². The predicted molar refractivity (Wildman–Crippen MR) is 67.8 cm³/mol. The van der Waals surface area contributed by atoms with Crippen LogP contribution in [0.3, 0.4) is 0 Å². The van der Waals surface area contributed by atoms with Crippen molar-refractivity contribution < 1.29 is 17.9 Å². The molecule has 1 aromatic carbocycles. The molecule has 0 fully saturated rings. The van der Waals surface area contributed by atoms with Crippen molar-refractivity contribution in [2.24, 2.45) is 5.41 Å². The van der Waals surface area contributed by atoms with Crippen LogP contribution < -0.4 is 4.74 Å². The summed E-state index contributed by atoms with van der Waals surface area (Å²) in [5.74, 6) is 1.07. The molecule has 0 N–H and O–H groups in total. The SMILES string of the molecule is Cc1ccc(OC2=CCC(C)(C(F)(F)F)C=C2)cc1. The first-order valence-corrected chi connectivity index (χ1v) is 6.01. The Balaban J connectivity index is 2.07. The van der Waals surface area contributed by atoms with Crippen LogP contribution in [0.2, 0.25) is 0 Å². The molecule has 0 aliphatic heterocycles. The number of allylic oxidation sites excluding steroid dienone is 3. The minimum absolute atomic E-state index is 0.103. The normalized spacial score (nSPS) is 23.1. The Hall–Kier alpha value is -1.71. The first-order chi connectivity index (χ1) is 8.80. The van der Waals surface area contributed by atoms with Gasteiger partial charge in [0.1, 0.15) is 11.5 Å². The second-order valence-electron chi connectivity index (χ2n) is 4.97. The molecular formula is C15H15F3O. The van der Waals surface area contributed by atoms with Gasteiger partial charge in [-0.25, -0.2) is 0 Å². The number of hydrogen-bond donors (Lipinski definition) is 0. The Morgan fingerprint density at radius 1 is 1.16 bits per heavy atom. The highest BCUT2D eigenvalue weighted by molar-refractivity contribution is 5.31. The van der Waals surface area contributed by atoms with E-state index in [2.05, 4.69) is 0 Å². The Bertz CT molecular complexity index is 511. The number of rotatable bonds is 2. The van der Waals surface area contributed by atoms with Crippen LogP contribution in [-0.2, 0) is 0 Å². The lowest BCUT2D eigenvalue weighted by Crippen LogP contribution is -2.34. The Kier molecular flexibility index (Phi) is 3.43. The zero-order valence-corrected chi connectivity index (χ0v) is 10.8. The van der Waals surface area contributed by atoms with Gasteiger partial charge in [-0.2, -0.15) is 13.2 Å². The quantitative estimate of drug-likeness (QED) is 0.749. The molecule has 0 radical (unpaired) electrons. The van der Waals surface area contributed by atoms with Crippen LogP contribution in [0, 0.1) is 12.3 Å². The van der Waals surface area contributed by atoms with Gasteiger partial charge in [-0.05, 0) is 44.6 Å². The maximum atomic E-state index is 12.8. The smallest absolute Gasteiger partial charge is 0.397 e. The molecule has 0 bridgehead atoms. The molecule has 1 aromatic rings. The van der Waals surface area contributed by atoms with Crippen molar-refractivity contribution in [3.05, 3.63) is 53.8 Å². The van der Waals surface area contributed by atoms with Gasteiger partial charge in [-0.15, -0.1) is 0 Å². The first-order valence-electron chi connectivity index (χ1n) is 6.01. The van der Waals surface area contributed by atoms with E-state index in [1.54, 1.807) is 12.1 Å². The summed E-state index contributed by atoms with van der Waals surface area (Å²) in [6.07, 6.45) is -0.315. The molecule has 1 aliphatic carbocycles. The van der Waals surface area contributed by atoms with E-state index in [1.165, 1.54) is 19.1 Å². The molecule has 0 saturated heterocycles. The molecule has 19 heavy (non-hydrogen) atoms. The van der Waals surface area contributed by atoms with Crippen LogP contribution >= 0.6 is 0 Å². The zero-order chi connectivity index (χ0) is 14.1. The maximum absolute atomic E-state index is 12.8. The van der Waals surface area contributed by atoms with Gasteiger partial charge in [0.15, 0.2) is 0 Å². The zero-order valence-electron chi connectivity index (χ0n) is 10.8. The molecule has 0 heterocycles. The highest BCUT2D eigenvalue weighted by atomic mass is 19.4. The van der Waals surface area contributed by atoms with Gasteiger partial charge in [0, 0.05) is 0 Å². The number of benzene rings is 1. The predicted octanol–water partition coefficient (Wildman–Crippen LogP) is 4.79. The summed E-state index contributed by atoms with van der Waals surface area (Å²) < 4.78 is 43.9. The number of ether oxygens (including phenoxy) is 1. The lowest BCUT2D eigenvalue weighted by Gasteiger charge is -2.30. The topological polar surface area (TPSA) is 9.23 Å². The van der Waals surface area contributed by atoms with Gasteiger partial charge in [-0.1, -0.05) is 23.8 Å². The molecule has 2 rings (SSSR count). The van der Waals surface area contributed by atoms with Gasteiger partial charge in [0.05, 0.1) is 5.41 Å². The summed E-state index contributed by atoms with van der Waals surface area (Å²) in [5.41, 5.74) is -0.696. The van der Waals surface area contributed by atoms with Crippen LogP contribution in [-0.4, -0.2) is 6.18 Å². The molecule has 4 heteroatoms. The van der Waals surface area contributed by atoms with Gasteiger partial charge in [0.25, 0.3) is 0 Å². The van der Waals surface area contributed by atoms with E-state index in [4.69, 9.17) is 4.74 Å². The minimum atomic E-state index is -4.24. The number of aryl methyl sites for hydroxylation is 1. The molecule has 1 unspecified atom stereocenters. The number of hydrogen-bond acceptors (Lipinski definition) is 1. The van der Waals surface area contributed by atoms with E-state index < -0.39 is 11.6 Å². The second-order valence-corrected chi connectivity index (χ2v) is 4.97. The van der Waals surface area contributed by atoms with E-state index in [-0.39, 0.29) is 6.42 Å². The summed E-state index contributed by atoms with van der Waals surface area (Å²) in [6.45, 7) is 3.14. The van der Waals surface area contributed by atoms with Crippen LogP contribution in [0.25, 0.3) is 0 Å². The summed E-state index contributed by atoms with van der Waals surface area (Å²) in [7, 11) is 0. The molecule has 1 aliphatic rings. The highest BCUT2D eigenvalue weighted by Crippen LogP contribution is 2.44. The van der Waals surface area contributed by atoms with Crippen molar-refractivity contribution in [1.82, 2.24) is 0 Å². The molecule has 1 nitrogen and oxygen atoms in total. The Morgan fingerprint density at radius 3 is 2.26 bits per heavy atom. The van der Waals surface area contributed by atoms with E-state index in [0.717, 1.165) is 11.6 Å². The molecule has 1 atom stereocenters. The summed E-state index contributed by atoms with van der Waals surface area (Å²) in [4.78, 5) is 0. The maximum Gasteiger partial charge on any atom is 0.397 e. The molecule has 0 saturated carbocycles. The van der Waals surface area contributed by atoms with Gasteiger partial charge < -0.3 is 4.74 Å². The fourth-order valence-electron chi connectivity index (χ4n) is 1.74. The molecule has 0 amide bonds. The lowest BCUT2D eigenvalue weighted by atomic mass is 9.83. The van der Waals surface area contributed by atoms with Crippen LogP contribution in [0.5, 0.6) is 5.75 Å². The summed E-state index contributed by atoms with van der Waals surface area (Å²) in [6, 6.07) is 7.37. The third kappa shape index (κ3) is 3.00. The van der Waals surface area contributed by atoms with Crippen molar-refractivity contribution in [3.63, 3.8) is 0 Å². The van der Waals surface area contributed by atoms with Crippen molar-refractivity contribution >= 4 is 0 Å². The fourth-order valence-corrected chi connectivity index (χ4v) is 1.74. The number of halogens is 3. The van der Waals surface area contributed by atoms with Crippen molar-refractivity contribution in [1.29, 1.82) is 0 Å². The third-order valence-electron chi connectivity index (χ3n) is 3.25. The molecule has 102 valence electrons. The van der Waals surface area contributed by atoms with Crippen LogP contribution in [0.1, 0.15) is 18.9 Å².